The first kappa shape index (κ1) is 12.5. The van der Waals surface area contributed by atoms with Crippen molar-refractivity contribution >= 4 is 11.6 Å². The van der Waals surface area contributed by atoms with E-state index in [0.29, 0.717) is 13.0 Å². The third kappa shape index (κ3) is 4.75. The van der Waals surface area contributed by atoms with E-state index in [9.17, 15) is 4.79 Å². The fourth-order valence-electron chi connectivity index (χ4n) is 1.27. The van der Waals surface area contributed by atoms with Crippen molar-refractivity contribution in [2.24, 2.45) is 0 Å². The van der Waals surface area contributed by atoms with Crippen LogP contribution in [0.5, 0.6) is 0 Å². The van der Waals surface area contributed by atoms with E-state index in [-0.39, 0.29) is 5.91 Å². The molecule has 0 fully saturated rings. The molecule has 3 heteroatoms. The van der Waals surface area contributed by atoms with Gasteiger partial charge in [0.25, 0.3) is 0 Å². The maximum absolute atomic E-state index is 11.5. The molecule has 1 amide bonds. The fourth-order valence-corrected chi connectivity index (χ4v) is 1.27. The van der Waals surface area contributed by atoms with Gasteiger partial charge in [-0.15, -0.1) is 6.58 Å². The van der Waals surface area contributed by atoms with Crippen LogP contribution in [-0.2, 0) is 4.79 Å². The normalized spacial score (nSPS) is 9.81. The van der Waals surface area contributed by atoms with Gasteiger partial charge in [0.15, 0.2) is 0 Å². The highest BCUT2D eigenvalue weighted by Gasteiger charge is 2.00. The summed E-state index contributed by atoms with van der Waals surface area (Å²) in [5, 5.41) is 5.92. The maximum atomic E-state index is 11.5. The number of nitrogens with one attached hydrogen (secondary N) is 2. The van der Waals surface area contributed by atoms with Gasteiger partial charge >= 0.3 is 0 Å². The molecule has 0 unspecified atom stereocenters. The molecule has 0 atom stereocenters. The molecule has 3 nitrogen and oxygen atoms in total. The molecule has 1 rings (SSSR count). The van der Waals surface area contributed by atoms with Crippen LogP contribution in [0, 0.1) is 6.92 Å². The van der Waals surface area contributed by atoms with Gasteiger partial charge in [-0.25, -0.2) is 0 Å². The van der Waals surface area contributed by atoms with Crippen LogP contribution in [0.4, 0.5) is 5.69 Å². The lowest BCUT2D eigenvalue weighted by Crippen LogP contribution is -2.21. The molecule has 0 bridgehead atoms. The summed E-state index contributed by atoms with van der Waals surface area (Å²) in [5.74, 6) is 0.0282. The second-order valence-corrected chi connectivity index (χ2v) is 3.66. The van der Waals surface area contributed by atoms with E-state index >= 15 is 0 Å². The highest BCUT2D eigenvalue weighted by atomic mass is 16.1. The summed E-state index contributed by atoms with van der Waals surface area (Å²) < 4.78 is 0. The summed E-state index contributed by atoms with van der Waals surface area (Å²) >= 11 is 0. The second kappa shape index (κ2) is 6.80. The standard InChI is InChI=1S/C13H18N2O/c1-3-9-14-10-8-13(16)15-12-6-4-11(2)5-7-12/h3-7,14H,1,8-10H2,2H3,(H,15,16). The molecule has 0 radical (unpaired) electrons. The molecule has 0 saturated carbocycles. The summed E-state index contributed by atoms with van der Waals surface area (Å²) in [7, 11) is 0. The number of hydrogen-bond donors (Lipinski definition) is 2. The first-order valence-corrected chi connectivity index (χ1v) is 5.40. The molecule has 1 aromatic carbocycles. The number of anilines is 1. The Balaban J connectivity index is 2.28. The smallest absolute Gasteiger partial charge is 0.225 e. The molecule has 0 aliphatic rings. The fraction of sp³-hybridized carbons (Fsp3) is 0.308. The molecule has 0 aromatic heterocycles. The lowest BCUT2D eigenvalue weighted by molar-refractivity contribution is -0.116. The third-order valence-electron chi connectivity index (χ3n) is 2.15. The van der Waals surface area contributed by atoms with Crippen LogP contribution in [0.25, 0.3) is 0 Å². The van der Waals surface area contributed by atoms with Crippen molar-refractivity contribution in [2.45, 2.75) is 13.3 Å². The first-order valence-electron chi connectivity index (χ1n) is 5.40. The number of rotatable bonds is 6. The Morgan fingerprint density at radius 2 is 2.06 bits per heavy atom. The molecule has 2 N–H and O–H groups in total. The predicted octanol–water partition coefficient (Wildman–Crippen LogP) is 2.10. The highest BCUT2D eigenvalue weighted by molar-refractivity contribution is 5.90. The van der Waals surface area contributed by atoms with Gasteiger partial charge in [-0.1, -0.05) is 23.8 Å². The Kier molecular flexibility index (Phi) is 5.29. The zero-order chi connectivity index (χ0) is 11.8. The lowest BCUT2D eigenvalue weighted by atomic mass is 10.2. The summed E-state index contributed by atoms with van der Waals surface area (Å²) in [6.45, 7) is 7.01. The number of aryl methyl sites for hydroxylation is 1. The van der Waals surface area contributed by atoms with E-state index in [1.54, 1.807) is 6.08 Å². The van der Waals surface area contributed by atoms with Crippen LogP contribution < -0.4 is 10.6 Å². The van der Waals surface area contributed by atoms with E-state index in [1.807, 2.05) is 31.2 Å². The molecular formula is C13H18N2O. The summed E-state index contributed by atoms with van der Waals surface area (Å²) in [4.78, 5) is 11.5. The average Bonchev–Trinajstić information content (AvgIpc) is 2.28. The molecule has 1 aromatic rings. The first-order chi connectivity index (χ1) is 7.72. The van der Waals surface area contributed by atoms with Gasteiger partial charge in [-0.05, 0) is 19.1 Å². The van der Waals surface area contributed by atoms with Crippen molar-refractivity contribution in [3.63, 3.8) is 0 Å². The number of benzene rings is 1. The minimum absolute atomic E-state index is 0.0282. The topological polar surface area (TPSA) is 41.1 Å². The Bertz CT molecular complexity index is 343. The van der Waals surface area contributed by atoms with Gasteiger partial charge in [-0.3, -0.25) is 4.79 Å². The Labute approximate surface area is 96.6 Å². The van der Waals surface area contributed by atoms with E-state index in [4.69, 9.17) is 0 Å². The van der Waals surface area contributed by atoms with Gasteiger partial charge in [0.2, 0.25) is 5.91 Å². The molecule has 86 valence electrons. The predicted molar refractivity (Wildman–Crippen MR) is 67.5 cm³/mol. The third-order valence-corrected chi connectivity index (χ3v) is 2.15. The minimum atomic E-state index is 0.0282. The van der Waals surface area contributed by atoms with Crippen LogP contribution >= 0.6 is 0 Å². The lowest BCUT2D eigenvalue weighted by Gasteiger charge is -2.05. The monoisotopic (exact) mass is 218 g/mol. The van der Waals surface area contributed by atoms with Crippen LogP contribution in [-0.4, -0.2) is 19.0 Å². The zero-order valence-electron chi connectivity index (χ0n) is 9.62. The van der Waals surface area contributed by atoms with Gasteiger partial charge in [-0.2, -0.15) is 0 Å². The van der Waals surface area contributed by atoms with E-state index in [1.165, 1.54) is 5.56 Å². The minimum Gasteiger partial charge on any atom is -0.326 e. The number of amides is 1. The van der Waals surface area contributed by atoms with Crippen LogP contribution in [0.1, 0.15) is 12.0 Å². The SMILES string of the molecule is C=CCNCCC(=O)Nc1ccc(C)cc1. The summed E-state index contributed by atoms with van der Waals surface area (Å²) in [6, 6.07) is 7.77. The Hall–Kier alpha value is -1.61. The molecular weight excluding hydrogens is 200 g/mol. The molecule has 0 aliphatic carbocycles. The van der Waals surface area contributed by atoms with Crippen molar-refractivity contribution in [1.82, 2.24) is 5.32 Å². The van der Waals surface area contributed by atoms with Crippen LogP contribution in [0.15, 0.2) is 36.9 Å². The Morgan fingerprint density at radius 3 is 2.69 bits per heavy atom. The molecule has 0 heterocycles. The van der Waals surface area contributed by atoms with E-state index < -0.39 is 0 Å². The van der Waals surface area contributed by atoms with Crippen molar-refractivity contribution in [1.29, 1.82) is 0 Å². The summed E-state index contributed by atoms with van der Waals surface area (Å²) in [6.07, 6.45) is 2.25. The van der Waals surface area contributed by atoms with E-state index in [2.05, 4.69) is 17.2 Å². The molecule has 0 aliphatic heterocycles. The second-order valence-electron chi connectivity index (χ2n) is 3.66. The number of carbonyl (C=O) groups excluding carboxylic acids is 1. The van der Waals surface area contributed by atoms with E-state index in [0.717, 1.165) is 12.2 Å². The average molecular weight is 218 g/mol. The largest absolute Gasteiger partial charge is 0.326 e. The van der Waals surface area contributed by atoms with Crippen molar-refractivity contribution < 1.29 is 4.79 Å². The highest BCUT2D eigenvalue weighted by Crippen LogP contribution is 2.08. The number of hydrogen-bond acceptors (Lipinski definition) is 2. The Morgan fingerprint density at radius 1 is 1.38 bits per heavy atom. The van der Waals surface area contributed by atoms with Crippen LogP contribution in [0.2, 0.25) is 0 Å². The van der Waals surface area contributed by atoms with Gasteiger partial charge in [0, 0.05) is 25.2 Å². The van der Waals surface area contributed by atoms with Gasteiger partial charge in [0.05, 0.1) is 0 Å². The van der Waals surface area contributed by atoms with Crippen molar-refractivity contribution in [3.8, 4) is 0 Å². The van der Waals surface area contributed by atoms with Gasteiger partial charge in [0.1, 0.15) is 0 Å². The van der Waals surface area contributed by atoms with Crippen LogP contribution in [0.3, 0.4) is 0 Å². The molecule has 0 saturated heterocycles. The molecule has 0 spiro atoms. The van der Waals surface area contributed by atoms with Crippen molar-refractivity contribution in [3.05, 3.63) is 42.5 Å². The quantitative estimate of drug-likeness (QED) is 0.567. The molecule has 16 heavy (non-hydrogen) atoms. The zero-order valence-corrected chi connectivity index (χ0v) is 9.62. The maximum Gasteiger partial charge on any atom is 0.225 e. The van der Waals surface area contributed by atoms with Gasteiger partial charge < -0.3 is 10.6 Å². The van der Waals surface area contributed by atoms with Crippen molar-refractivity contribution in [2.75, 3.05) is 18.4 Å². The number of carbonyl (C=O) groups is 1. The summed E-state index contributed by atoms with van der Waals surface area (Å²) in [5.41, 5.74) is 2.03.